The maximum atomic E-state index is 5.49. The Balaban J connectivity index is 2.02. The van der Waals surface area contributed by atoms with Crippen molar-refractivity contribution in [2.75, 3.05) is 19.0 Å². The molecule has 0 spiro atoms. The van der Waals surface area contributed by atoms with Crippen LogP contribution < -0.4 is 15.4 Å². The number of nitrogens with zero attached hydrogens (tertiary/aromatic N) is 2. The Hall–Kier alpha value is -2.08. The zero-order valence-corrected chi connectivity index (χ0v) is 11.3. The Morgan fingerprint density at radius 3 is 2.63 bits per heavy atom. The molecule has 0 amide bonds. The standard InChI is InChI=1S/C13H18N4O2/c1-4-18-11-7-5-10(6-8-11)15-13-17-16-12(19-13)9(2)14-3/h5-9,14H,4H2,1-3H3,(H,15,17). The quantitative estimate of drug-likeness (QED) is 0.833. The lowest BCUT2D eigenvalue weighted by atomic mass is 10.3. The van der Waals surface area contributed by atoms with Crippen molar-refractivity contribution >= 4 is 11.7 Å². The summed E-state index contributed by atoms with van der Waals surface area (Å²) in [5.41, 5.74) is 0.871. The summed E-state index contributed by atoms with van der Waals surface area (Å²) in [6, 6.07) is 7.98. The largest absolute Gasteiger partial charge is 0.494 e. The molecule has 19 heavy (non-hydrogen) atoms. The molecule has 6 nitrogen and oxygen atoms in total. The van der Waals surface area contributed by atoms with E-state index in [9.17, 15) is 0 Å². The Kier molecular flexibility index (Phi) is 4.35. The Labute approximate surface area is 112 Å². The van der Waals surface area contributed by atoms with Gasteiger partial charge in [-0.3, -0.25) is 0 Å². The van der Waals surface area contributed by atoms with Crippen LogP contribution in [0.15, 0.2) is 28.7 Å². The zero-order chi connectivity index (χ0) is 13.7. The molecule has 0 aliphatic rings. The number of ether oxygens (including phenoxy) is 1. The predicted octanol–water partition coefficient (Wildman–Crippen LogP) is 2.49. The average Bonchev–Trinajstić information content (AvgIpc) is 2.89. The van der Waals surface area contributed by atoms with Crippen molar-refractivity contribution in [3.05, 3.63) is 30.2 Å². The number of hydrogen-bond donors (Lipinski definition) is 2. The number of aromatic nitrogens is 2. The van der Waals surface area contributed by atoms with Gasteiger partial charge < -0.3 is 19.8 Å². The van der Waals surface area contributed by atoms with E-state index in [1.165, 1.54) is 0 Å². The highest BCUT2D eigenvalue weighted by Crippen LogP contribution is 2.20. The Morgan fingerprint density at radius 2 is 2.00 bits per heavy atom. The van der Waals surface area contributed by atoms with Gasteiger partial charge in [-0.25, -0.2) is 0 Å². The molecule has 102 valence electrons. The molecular formula is C13H18N4O2. The van der Waals surface area contributed by atoms with Gasteiger partial charge in [0.1, 0.15) is 5.75 Å². The fourth-order valence-corrected chi connectivity index (χ4v) is 1.51. The fourth-order valence-electron chi connectivity index (χ4n) is 1.51. The second-order valence-electron chi connectivity index (χ2n) is 4.04. The molecule has 0 fully saturated rings. The van der Waals surface area contributed by atoms with Crippen molar-refractivity contribution in [2.24, 2.45) is 0 Å². The predicted molar refractivity (Wildman–Crippen MR) is 72.7 cm³/mol. The van der Waals surface area contributed by atoms with Crippen molar-refractivity contribution in [2.45, 2.75) is 19.9 Å². The van der Waals surface area contributed by atoms with Gasteiger partial charge in [-0.2, -0.15) is 0 Å². The van der Waals surface area contributed by atoms with Crippen LogP contribution in [0.5, 0.6) is 5.75 Å². The fraction of sp³-hybridized carbons (Fsp3) is 0.385. The SMILES string of the molecule is CCOc1ccc(Nc2nnc(C(C)NC)o2)cc1. The van der Waals surface area contributed by atoms with Gasteiger partial charge in [-0.05, 0) is 45.2 Å². The number of hydrogen-bond acceptors (Lipinski definition) is 6. The van der Waals surface area contributed by atoms with E-state index in [0.717, 1.165) is 11.4 Å². The van der Waals surface area contributed by atoms with E-state index in [-0.39, 0.29) is 6.04 Å². The maximum Gasteiger partial charge on any atom is 0.320 e. The van der Waals surface area contributed by atoms with Crippen LogP contribution in [0.2, 0.25) is 0 Å². The van der Waals surface area contributed by atoms with Crippen molar-refractivity contribution in [3.8, 4) is 5.75 Å². The van der Waals surface area contributed by atoms with E-state index in [2.05, 4.69) is 20.8 Å². The minimum absolute atomic E-state index is 0.0309. The monoisotopic (exact) mass is 262 g/mol. The molecule has 0 bridgehead atoms. The highest BCUT2D eigenvalue weighted by Gasteiger charge is 2.11. The van der Waals surface area contributed by atoms with E-state index in [4.69, 9.17) is 9.15 Å². The summed E-state index contributed by atoms with van der Waals surface area (Å²) < 4.78 is 10.9. The van der Waals surface area contributed by atoms with Gasteiger partial charge in [0.2, 0.25) is 5.89 Å². The van der Waals surface area contributed by atoms with Gasteiger partial charge >= 0.3 is 6.01 Å². The molecular weight excluding hydrogens is 244 g/mol. The lowest BCUT2D eigenvalue weighted by Crippen LogP contribution is -2.12. The summed E-state index contributed by atoms with van der Waals surface area (Å²) in [6.45, 7) is 4.56. The summed E-state index contributed by atoms with van der Waals surface area (Å²) in [5.74, 6) is 1.39. The molecule has 1 unspecified atom stereocenters. The van der Waals surface area contributed by atoms with Crippen LogP contribution in [0.3, 0.4) is 0 Å². The van der Waals surface area contributed by atoms with Crippen LogP contribution in [0, 0.1) is 0 Å². The molecule has 1 heterocycles. The van der Waals surface area contributed by atoms with E-state index >= 15 is 0 Å². The second-order valence-corrected chi connectivity index (χ2v) is 4.04. The molecule has 1 aromatic carbocycles. The molecule has 0 aliphatic heterocycles. The van der Waals surface area contributed by atoms with Gasteiger partial charge in [0, 0.05) is 5.69 Å². The van der Waals surface area contributed by atoms with E-state index < -0.39 is 0 Å². The van der Waals surface area contributed by atoms with Crippen LogP contribution in [0.25, 0.3) is 0 Å². The second kappa shape index (κ2) is 6.19. The molecule has 2 rings (SSSR count). The first-order valence-electron chi connectivity index (χ1n) is 6.23. The minimum atomic E-state index is 0.0309. The molecule has 0 radical (unpaired) electrons. The molecule has 2 N–H and O–H groups in total. The number of anilines is 2. The van der Waals surface area contributed by atoms with E-state index in [1.807, 2.05) is 45.2 Å². The molecule has 1 aromatic heterocycles. The average molecular weight is 262 g/mol. The summed E-state index contributed by atoms with van der Waals surface area (Å²) in [5, 5.41) is 14.0. The topological polar surface area (TPSA) is 72.2 Å². The Bertz CT molecular complexity index is 510. The zero-order valence-electron chi connectivity index (χ0n) is 11.3. The molecule has 1 atom stereocenters. The molecule has 6 heteroatoms. The first kappa shape index (κ1) is 13.4. The summed E-state index contributed by atoms with van der Waals surface area (Å²) >= 11 is 0. The third kappa shape index (κ3) is 3.45. The normalized spacial score (nSPS) is 12.2. The highest BCUT2D eigenvalue weighted by atomic mass is 16.5. The minimum Gasteiger partial charge on any atom is -0.494 e. The third-order valence-electron chi connectivity index (χ3n) is 2.66. The summed E-state index contributed by atoms with van der Waals surface area (Å²) in [6.07, 6.45) is 0. The van der Waals surface area contributed by atoms with Crippen LogP contribution in [-0.4, -0.2) is 23.9 Å². The van der Waals surface area contributed by atoms with Gasteiger partial charge in [0.15, 0.2) is 0 Å². The van der Waals surface area contributed by atoms with Gasteiger partial charge in [-0.1, -0.05) is 5.10 Å². The van der Waals surface area contributed by atoms with E-state index in [0.29, 0.717) is 18.5 Å². The lowest BCUT2D eigenvalue weighted by Gasteiger charge is -2.05. The number of benzene rings is 1. The summed E-state index contributed by atoms with van der Waals surface area (Å²) in [4.78, 5) is 0. The van der Waals surface area contributed by atoms with Crippen molar-refractivity contribution in [1.82, 2.24) is 15.5 Å². The van der Waals surface area contributed by atoms with Crippen LogP contribution >= 0.6 is 0 Å². The molecule has 0 saturated heterocycles. The van der Waals surface area contributed by atoms with Gasteiger partial charge in [0.05, 0.1) is 12.6 Å². The summed E-state index contributed by atoms with van der Waals surface area (Å²) in [7, 11) is 1.84. The van der Waals surface area contributed by atoms with Gasteiger partial charge in [-0.15, -0.1) is 5.10 Å². The highest BCUT2D eigenvalue weighted by molar-refractivity contribution is 5.53. The number of rotatable bonds is 6. The van der Waals surface area contributed by atoms with Crippen LogP contribution in [0.4, 0.5) is 11.7 Å². The van der Waals surface area contributed by atoms with Crippen molar-refractivity contribution < 1.29 is 9.15 Å². The molecule has 0 saturated carbocycles. The molecule has 0 aliphatic carbocycles. The smallest absolute Gasteiger partial charge is 0.320 e. The van der Waals surface area contributed by atoms with Crippen LogP contribution in [0.1, 0.15) is 25.8 Å². The van der Waals surface area contributed by atoms with Crippen molar-refractivity contribution in [3.63, 3.8) is 0 Å². The van der Waals surface area contributed by atoms with Crippen molar-refractivity contribution in [1.29, 1.82) is 0 Å². The third-order valence-corrected chi connectivity index (χ3v) is 2.66. The first-order chi connectivity index (χ1) is 9.22. The van der Waals surface area contributed by atoms with E-state index in [1.54, 1.807) is 0 Å². The number of nitrogens with one attached hydrogen (secondary N) is 2. The molecule has 2 aromatic rings. The first-order valence-corrected chi connectivity index (χ1v) is 6.23. The Morgan fingerprint density at radius 1 is 1.26 bits per heavy atom. The maximum absolute atomic E-state index is 5.49. The lowest BCUT2D eigenvalue weighted by molar-refractivity contribution is 0.340. The van der Waals surface area contributed by atoms with Gasteiger partial charge in [0.25, 0.3) is 0 Å². The van der Waals surface area contributed by atoms with Crippen LogP contribution in [-0.2, 0) is 0 Å².